The minimum atomic E-state index is 0.503. The standard InChI is InChI=1S/C16H13Cl2N3O/c17-14-2-1-11(9-15(14)18)7-13-8-12(3-4-19-13)10-21-16-20-5-6-22-16/h1-6,8-9H,7,10H2,(H,20,21). The van der Waals surface area contributed by atoms with E-state index in [1.807, 2.05) is 24.3 Å². The quantitative estimate of drug-likeness (QED) is 0.742. The predicted octanol–water partition coefficient (Wildman–Crippen LogP) is 4.58. The molecule has 6 heteroatoms. The van der Waals surface area contributed by atoms with Crippen molar-refractivity contribution in [2.45, 2.75) is 13.0 Å². The van der Waals surface area contributed by atoms with Gasteiger partial charge in [-0.25, -0.2) is 4.98 Å². The summed E-state index contributed by atoms with van der Waals surface area (Å²) in [4.78, 5) is 8.41. The number of hydrogen-bond donors (Lipinski definition) is 1. The number of aromatic nitrogens is 2. The van der Waals surface area contributed by atoms with E-state index in [-0.39, 0.29) is 0 Å². The molecule has 1 N–H and O–H groups in total. The molecule has 2 aromatic heterocycles. The van der Waals surface area contributed by atoms with Crippen LogP contribution in [0.2, 0.25) is 10.0 Å². The molecule has 0 radical (unpaired) electrons. The van der Waals surface area contributed by atoms with Gasteiger partial charge in [-0.15, -0.1) is 0 Å². The molecule has 112 valence electrons. The molecule has 0 unspecified atom stereocenters. The summed E-state index contributed by atoms with van der Waals surface area (Å²) in [5.41, 5.74) is 3.13. The summed E-state index contributed by atoms with van der Waals surface area (Å²) in [6.07, 6.45) is 5.62. The van der Waals surface area contributed by atoms with Crippen LogP contribution in [0.3, 0.4) is 0 Å². The monoisotopic (exact) mass is 333 g/mol. The van der Waals surface area contributed by atoms with Gasteiger partial charge in [0.2, 0.25) is 0 Å². The van der Waals surface area contributed by atoms with Crippen molar-refractivity contribution in [3.8, 4) is 0 Å². The first-order valence-corrected chi connectivity index (χ1v) is 7.47. The Morgan fingerprint density at radius 2 is 1.86 bits per heavy atom. The third kappa shape index (κ3) is 3.78. The molecule has 3 aromatic rings. The SMILES string of the molecule is Clc1ccc(Cc2cc(CNc3ncco3)ccn2)cc1Cl. The van der Waals surface area contributed by atoms with Crippen LogP contribution >= 0.6 is 23.2 Å². The van der Waals surface area contributed by atoms with Gasteiger partial charge in [0.15, 0.2) is 0 Å². The Morgan fingerprint density at radius 3 is 2.64 bits per heavy atom. The third-order valence-corrected chi connectivity index (χ3v) is 3.87. The van der Waals surface area contributed by atoms with Crippen molar-refractivity contribution in [3.05, 3.63) is 75.9 Å². The van der Waals surface area contributed by atoms with Gasteiger partial charge in [0.1, 0.15) is 6.26 Å². The second-order valence-corrected chi connectivity index (χ2v) is 5.59. The number of nitrogens with one attached hydrogen (secondary N) is 1. The van der Waals surface area contributed by atoms with Gasteiger partial charge in [-0.1, -0.05) is 29.3 Å². The van der Waals surface area contributed by atoms with Crippen molar-refractivity contribution in [2.24, 2.45) is 0 Å². The highest BCUT2D eigenvalue weighted by Gasteiger charge is 2.04. The van der Waals surface area contributed by atoms with Gasteiger partial charge in [0, 0.05) is 24.9 Å². The van der Waals surface area contributed by atoms with Crippen LogP contribution in [-0.4, -0.2) is 9.97 Å². The van der Waals surface area contributed by atoms with Crippen molar-refractivity contribution in [1.29, 1.82) is 0 Å². The van der Waals surface area contributed by atoms with Crippen molar-refractivity contribution in [2.75, 3.05) is 5.32 Å². The number of pyridine rings is 1. The lowest BCUT2D eigenvalue weighted by Crippen LogP contribution is -2.01. The normalized spacial score (nSPS) is 10.6. The Morgan fingerprint density at radius 1 is 0.955 bits per heavy atom. The maximum atomic E-state index is 6.04. The van der Waals surface area contributed by atoms with Gasteiger partial charge in [-0.05, 0) is 35.4 Å². The fourth-order valence-electron chi connectivity index (χ4n) is 2.08. The molecule has 4 nitrogen and oxygen atoms in total. The van der Waals surface area contributed by atoms with Crippen molar-refractivity contribution >= 4 is 29.2 Å². The summed E-state index contributed by atoms with van der Waals surface area (Å²) < 4.78 is 5.14. The van der Waals surface area contributed by atoms with Gasteiger partial charge < -0.3 is 9.73 Å². The maximum Gasteiger partial charge on any atom is 0.294 e. The van der Waals surface area contributed by atoms with Crippen LogP contribution in [0.4, 0.5) is 6.01 Å². The molecular formula is C16H13Cl2N3O. The Hall–Kier alpha value is -2.04. The number of benzene rings is 1. The highest BCUT2D eigenvalue weighted by Crippen LogP contribution is 2.23. The topological polar surface area (TPSA) is 51.0 Å². The highest BCUT2D eigenvalue weighted by molar-refractivity contribution is 6.42. The van der Waals surface area contributed by atoms with Crippen LogP contribution in [0.25, 0.3) is 0 Å². The number of halogens is 2. The maximum absolute atomic E-state index is 6.04. The molecule has 0 aliphatic rings. The van der Waals surface area contributed by atoms with Crippen LogP contribution < -0.4 is 5.32 Å². The molecule has 3 rings (SSSR count). The highest BCUT2D eigenvalue weighted by atomic mass is 35.5. The molecule has 0 aliphatic heterocycles. The fourth-order valence-corrected chi connectivity index (χ4v) is 2.40. The number of hydrogen-bond acceptors (Lipinski definition) is 4. The molecule has 0 saturated heterocycles. The smallest absolute Gasteiger partial charge is 0.294 e. The van der Waals surface area contributed by atoms with E-state index in [9.17, 15) is 0 Å². The summed E-state index contributed by atoms with van der Waals surface area (Å²) in [5, 5.41) is 4.22. The molecule has 0 saturated carbocycles. The zero-order valence-corrected chi connectivity index (χ0v) is 13.1. The lowest BCUT2D eigenvalue weighted by Gasteiger charge is -2.06. The van der Waals surface area contributed by atoms with E-state index >= 15 is 0 Å². The molecule has 0 spiro atoms. The van der Waals surface area contributed by atoms with Crippen molar-refractivity contribution in [1.82, 2.24) is 9.97 Å². The summed E-state index contributed by atoms with van der Waals surface area (Å²) in [7, 11) is 0. The summed E-state index contributed by atoms with van der Waals surface area (Å²) in [6, 6.07) is 10.1. The van der Waals surface area contributed by atoms with Crippen LogP contribution in [0, 0.1) is 0 Å². The summed E-state index contributed by atoms with van der Waals surface area (Å²) in [5.74, 6) is 0. The summed E-state index contributed by atoms with van der Waals surface area (Å²) in [6.45, 7) is 0.622. The zero-order chi connectivity index (χ0) is 15.4. The largest absolute Gasteiger partial charge is 0.432 e. The Bertz CT molecular complexity index is 760. The van der Waals surface area contributed by atoms with E-state index in [1.54, 1.807) is 18.5 Å². The second-order valence-electron chi connectivity index (χ2n) is 4.77. The molecule has 0 atom stereocenters. The van der Waals surface area contributed by atoms with Gasteiger partial charge in [-0.2, -0.15) is 0 Å². The Balaban J connectivity index is 1.69. The minimum absolute atomic E-state index is 0.503. The third-order valence-electron chi connectivity index (χ3n) is 3.13. The first-order valence-electron chi connectivity index (χ1n) is 6.72. The van der Waals surface area contributed by atoms with Gasteiger partial charge >= 0.3 is 0 Å². The molecule has 0 fully saturated rings. The number of anilines is 1. The molecule has 0 aliphatic carbocycles. The van der Waals surface area contributed by atoms with E-state index in [0.29, 0.717) is 29.0 Å². The molecule has 2 heterocycles. The van der Waals surface area contributed by atoms with E-state index in [4.69, 9.17) is 27.6 Å². The second kappa shape index (κ2) is 6.81. The van der Waals surface area contributed by atoms with Crippen molar-refractivity contribution < 1.29 is 4.42 Å². The minimum Gasteiger partial charge on any atom is -0.432 e. The predicted molar refractivity (Wildman–Crippen MR) is 87.3 cm³/mol. The average Bonchev–Trinajstić information content (AvgIpc) is 3.03. The van der Waals surface area contributed by atoms with Crippen LogP contribution in [0.15, 0.2) is 53.4 Å². The van der Waals surface area contributed by atoms with E-state index in [2.05, 4.69) is 15.3 Å². The van der Waals surface area contributed by atoms with E-state index < -0.39 is 0 Å². The zero-order valence-electron chi connectivity index (χ0n) is 11.6. The van der Waals surface area contributed by atoms with Gasteiger partial charge in [-0.3, -0.25) is 4.98 Å². The van der Waals surface area contributed by atoms with Gasteiger partial charge in [0.05, 0.1) is 16.2 Å². The number of nitrogens with zero attached hydrogens (tertiary/aromatic N) is 2. The number of rotatable bonds is 5. The molecule has 1 aromatic carbocycles. The van der Waals surface area contributed by atoms with E-state index in [0.717, 1.165) is 16.8 Å². The fraction of sp³-hybridized carbons (Fsp3) is 0.125. The van der Waals surface area contributed by atoms with Crippen LogP contribution in [-0.2, 0) is 13.0 Å². The first-order chi connectivity index (χ1) is 10.7. The first kappa shape index (κ1) is 14.9. The summed E-state index contributed by atoms with van der Waals surface area (Å²) >= 11 is 12.0. The molecular weight excluding hydrogens is 321 g/mol. The molecule has 0 amide bonds. The van der Waals surface area contributed by atoms with Crippen LogP contribution in [0.1, 0.15) is 16.8 Å². The van der Waals surface area contributed by atoms with Crippen molar-refractivity contribution in [3.63, 3.8) is 0 Å². The lowest BCUT2D eigenvalue weighted by atomic mass is 10.1. The molecule has 22 heavy (non-hydrogen) atoms. The molecule has 0 bridgehead atoms. The van der Waals surface area contributed by atoms with Gasteiger partial charge in [0.25, 0.3) is 6.01 Å². The average molecular weight is 334 g/mol. The number of oxazole rings is 1. The van der Waals surface area contributed by atoms with E-state index in [1.165, 1.54) is 6.26 Å². The lowest BCUT2D eigenvalue weighted by molar-refractivity contribution is 0.571. The van der Waals surface area contributed by atoms with Crippen LogP contribution in [0.5, 0.6) is 0 Å². The Labute approximate surface area is 138 Å². The Kier molecular flexibility index (Phi) is 4.61.